The summed E-state index contributed by atoms with van der Waals surface area (Å²) in [7, 11) is 0. The highest BCUT2D eigenvalue weighted by molar-refractivity contribution is 4.84. The number of hydrogen-bond donors (Lipinski definition) is 0. The molecular weight excluding hydrogens is 322 g/mol. The fourth-order valence-corrected chi connectivity index (χ4v) is 4.63. The van der Waals surface area contributed by atoms with E-state index >= 15 is 0 Å². The maximum Gasteiger partial charge on any atom is 0.0832 e. The van der Waals surface area contributed by atoms with Gasteiger partial charge < -0.3 is 14.5 Å². The van der Waals surface area contributed by atoms with Gasteiger partial charge in [0.25, 0.3) is 0 Å². The topological polar surface area (TPSA) is 19.0 Å². The smallest absolute Gasteiger partial charge is 0.0832 e. The van der Waals surface area contributed by atoms with Gasteiger partial charge in [0, 0.05) is 39.3 Å². The first kappa shape index (κ1) is 20.6. The molecule has 26 heavy (non-hydrogen) atoms. The van der Waals surface area contributed by atoms with Crippen LogP contribution in [0.3, 0.4) is 0 Å². The molecule has 0 atom stereocenters. The van der Waals surface area contributed by atoms with Gasteiger partial charge in [-0.2, -0.15) is 0 Å². The van der Waals surface area contributed by atoms with E-state index in [0.29, 0.717) is 17.6 Å². The summed E-state index contributed by atoms with van der Waals surface area (Å²) in [4.78, 5) is 7.90. The highest BCUT2D eigenvalue weighted by atomic mass is 16.5. The number of nitrogens with zero attached hydrogens (tertiary/aromatic N) is 3. The van der Waals surface area contributed by atoms with Crippen LogP contribution in [0.2, 0.25) is 0 Å². The number of hydrogen-bond acceptors (Lipinski definition) is 4. The first-order chi connectivity index (χ1) is 12.5. The third-order valence-electron chi connectivity index (χ3n) is 6.43. The van der Waals surface area contributed by atoms with Crippen molar-refractivity contribution in [3.63, 3.8) is 0 Å². The molecule has 0 spiro atoms. The lowest BCUT2D eigenvalue weighted by Gasteiger charge is -2.42. The van der Waals surface area contributed by atoms with Gasteiger partial charge in [-0.3, -0.25) is 4.90 Å². The van der Waals surface area contributed by atoms with E-state index in [1.165, 1.54) is 104 Å². The summed E-state index contributed by atoms with van der Waals surface area (Å²) in [5, 5.41) is 0. The third kappa shape index (κ3) is 7.10. The molecule has 0 N–H and O–H groups in total. The van der Waals surface area contributed by atoms with Gasteiger partial charge >= 0.3 is 0 Å². The Morgan fingerprint density at radius 1 is 0.731 bits per heavy atom. The largest absolute Gasteiger partial charge is 0.372 e. The van der Waals surface area contributed by atoms with Crippen molar-refractivity contribution in [2.75, 3.05) is 58.9 Å². The predicted octanol–water partition coefficient (Wildman–Crippen LogP) is 3.46. The Kier molecular flexibility index (Phi) is 7.80. The third-order valence-corrected chi connectivity index (χ3v) is 6.43. The Hall–Kier alpha value is -0.160. The highest BCUT2D eigenvalue weighted by Gasteiger charge is 2.31. The summed E-state index contributed by atoms with van der Waals surface area (Å²) in [6.45, 7) is 18.3. The predicted molar refractivity (Wildman–Crippen MR) is 110 cm³/mol. The fourth-order valence-electron chi connectivity index (χ4n) is 4.63. The Morgan fingerprint density at radius 3 is 1.96 bits per heavy atom. The fraction of sp³-hybridized carbons (Fsp3) is 1.00. The minimum absolute atomic E-state index is 0.475. The summed E-state index contributed by atoms with van der Waals surface area (Å²) in [6, 6.07) is 0. The summed E-state index contributed by atoms with van der Waals surface area (Å²) in [5.41, 5.74) is 0.475. The lowest BCUT2D eigenvalue weighted by Crippen LogP contribution is -2.54. The second kappa shape index (κ2) is 9.86. The molecule has 0 radical (unpaired) electrons. The lowest BCUT2D eigenvalue weighted by atomic mass is 9.90. The van der Waals surface area contributed by atoms with Gasteiger partial charge in [0.15, 0.2) is 0 Å². The zero-order valence-corrected chi connectivity index (χ0v) is 17.7. The van der Waals surface area contributed by atoms with Crippen LogP contribution in [0.5, 0.6) is 0 Å². The van der Waals surface area contributed by atoms with E-state index in [4.69, 9.17) is 4.74 Å². The second-order valence-corrected chi connectivity index (χ2v) is 10.1. The van der Waals surface area contributed by atoms with Crippen LogP contribution >= 0.6 is 0 Å². The lowest BCUT2D eigenvalue weighted by molar-refractivity contribution is -0.107. The van der Waals surface area contributed by atoms with Crippen molar-refractivity contribution in [2.45, 2.75) is 77.9 Å². The summed E-state index contributed by atoms with van der Waals surface area (Å²) < 4.78 is 6.37. The van der Waals surface area contributed by atoms with Crippen molar-refractivity contribution >= 4 is 0 Å². The Morgan fingerprint density at radius 2 is 1.35 bits per heavy atom. The molecule has 0 saturated carbocycles. The molecule has 3 heterocycles. The first-order valence-corrected chi connectivity index (χ1v) is 11.3. The second-order valence-electron chi connectivity index (χ2n) is 10.1. The van der Waals surface area contributed by atoms with Crippen LogP contribution in [0.15, 0.2) is 0 Å². The molecule has 0 amide bonds. The van der Waals surface area contributed by atoms with Crippen LogP contribution < -0.4 is 0 Å². The quantitative estimate of drug-likeness (QED) is 0.655. The molecule has 0 unspecified atom stereocenters. The van der Waals surface area contributed by atoms with Crippen LogP contribution in [-0.4, -0.2) is 85.8 Å². The van der Waals surface area contributed by atoms with Crippen molar-refractivity contribution in [1.82, 2.24) is 14.7 Å². The number of likely N-dealkylation sites (tertiary alicyclic amines) is 3. The molecule has 3 saturated heterocycles. The Bertz CT molecular complexity index is 389. The van der Waals surface area contributed by atoms with Crippen molar-refractivity contribution in [1.29, 1.82) is 0 Å². The van der Waals surface area contributed by atoms with Gasteiger partial charge in [0.2, 0.25) is 0 Å². The minimum Gasteiger partial charge on any atom is -0.372 e. The highest BCUT2D eigenvalue weighted by Crippen LogP contribution is 2.23. The van der Waals surface area contributed by atoms with E-state index < -0.39 is 0 Å². The maximum atomic E-state index is 6.37. The van der Waals surface area contributed by atoms with Gasteiger partial charge in [0.1, 0.15) is 0 Å². The zero-order chi connectivity index (χ0) is 18.4. The Labute approximate surface area is 162 Å². The minimum atomic E-state index is 0.475. The van der Waals surface area contributed by atoms with Crippen LogP contribution in [0.25, 0.3) is 0 Å². The molecule has 4 heteroatoms. The van der Waals surface area contributed by atoms with Gasteiger partial charge in [-0.15, -0.1) is 0 Å². The molecular formula is C22H43N3O. The van der Waals surface area contributed by atoms with E-state index in [1.807, 2.05) is 0 Å². The molecule has 0 bridgehead atoms. The monoisotopic (exact) mass is 365 g/mol. The summed E-state index contributed by atoms with van der Waals surface area (Å²) in [5.74, 6) is 0. The van der Waals surface area contributed by atoms with Crippen LogP contribution in [-0.2, 0) is 4.74 Å². The van der Waals surface area contributed by atoms with Gasteiger partial charge in [-0.05, 0) is 63.6 Å². The SMILES string of the molecule is CC(C)(C)CCCN1CC(OC2CCN(CCN3CCCCC3)CC2)C1. The van der Waals surface area contributed by atoms with Crippen LogP contribution in [0, 0.1) is 5.41 Å². The molecule has 0 aliphatic carbocycles. The molecule has 4 nitrogen and oxygen atoms in total. The molecule has 3 aliphatic heterocycles. The molecule has 0 aromatic rings. The van der Waals surface area contributed by atoms with E-state index in [9.17, 15) is 0 Å². The van der Waals surface area contributed by atoms with Gasteiger partial charge in [-0.1, -0.05) is 27.2 Å². The molecule has 3 rings (SSSR count). The maximum absolute atomic E-state index is 6.37. The molecule has 0 aromatic carbocycles. The standard InChI is InChI=1S/C22H43N3O/c1-22(2,3)10-7-13-25-18-21(19-25)26-20-8-14-24(15-9-20)17-16-23-11-5-4-6-12-23/h20-21H,4-19H2,1-3H3. The van der Waals surface area contributed by atoms with E-state index in [0.717, 1.165) is 0 Å². The van der Waals surface area contributed by atoms with E-state index in [2.05, 4.69) is 35.5 Å². The van der Waals surface area contributed by atoms with E-state index in [1.54, 1.807) is 0 Å². The summed E-state index contributed by atoms with van der Waals surface area (Å²) in [6.07, 6.45) is 10.4. The average molecular weight is 366 g/mol. The number of rotatable bonds is 8. The van der Waals surface area contributed by atoms with Crippen molar-refractivity contribution < 1.29 is 4.74 Å². The Balaban J connectivity index is 1.20. The number of piperidine rings is 2. The van der Waals surface area contributed by atoms with Gasteiger partial charge in [-0.25, -0.2) is 0 Å². The molecule has 152 valence electrons. The molecule has 3 aliphatic rings. The van der Waals surface area contributed by atoms with Crippen LogP contribution in [0.4, 0.5) is 0 Å². The van der Waals surface area contributed by atoms with Crippen molar-refractivity contribution in [2.24, 2.45) is 5.41 Å². The number of ether oxygens (including phenoxy) is 1. The molecule has 3 fully saturated rings. The zero-order valence-electron chi connectivity index (χ0n) is 17.7. The summed E-state index contributed by atoms with van der Waals surface area (Å²) >= 11 is 0. The normalized spacial score (nSPS) is 25.5. The van der Waals surface area contributed by atoms with Gasteiger partial charge in [0.05, 0.1) is 12.2 Å². The molecule has 0 aromatic heterocycles. The van der Waals surface area contributed by atoms with Crippen molar-refractivity contribution in [3.8, 4) is 0 Å². The average Bonchev–Trinajstić information content (AvgIpc) is 2.58. The first-order valence-electron chi connectivity index (χ1n) is 11.3. The van der Waals surface area contributed by atoms with Crippen molar-refractivity contribution in [3.05, 3.63) is 0 Å². The van der Waals surface area contributed by atoms with Crippen LogP contribution in [0.1, 0.15) is 65.7 Å². The van der Waals surface area contributed by atoms with E-state index in [-0.39, 0.29) is 0 Å².